The van der Waals surface area contributed by atoms with Gasteiger partial charge in [-0.1, -0.05) is 6.07 Å². The Bertz CT molecular complexity index is 1040. The molecule has 3 amide bonds. The van der Waals surface area contributed by atoms with Crippen LogP contribution < -0.4 is 0 Å². The van der Waals surface area contributed by atoms with Crippen LogP contribution in [0.2, 0.25) is 0 Å². The number of rotatable bonds is 4. The van der Waals surface area contributed by atoms with Crippen LogP contribution in [0.5, 0.6) is 0 Å². The van der Waals surface area contributed by atoms with Gasteiger partial charge in [0.1, 0.15) is 11.6 Å². The molecule has 0 saturated carbocycles. The summed E-state index contributed by atoms with van der Waals surface area (Å²) in [5.41, 5.74) is -0.157. The molecule has 2 aromatic rings. The second-order valence-electron chi connectivity index (χ2n) is 8.19. The third kappa shape index (κ3) is 5.47. The van der Waals surface area contributed by atoms with E-state index < -0.39 is 17.5 Å². The predicted octanol–water partition coefficient (Wildman–Crippen LogP) is 3.26. The molecule has 0 atom stereocenters. The van der Waals surface area contributed by atoms with Crippen molar-refractivity contribution in [3.05, 3.63) is 63.9 Å². The van der Waals surface area contributed by atoms with Gasteiger partial charge in [-0.2, -0.15) is 0 Å². The quantitative estimate of drug-likeness (QED) is 0.641. The lowest BCUT2D eigenvalue weighted by Crippen LogP contribution is -2.53. The Kier molecular flexibility index (Phi) is 7.17. The fourth-order valence-corrected chi connectivity index (χ4v) is 4.83. The Morgan fingerprint density at radius 3 is 2.24 bits per heavy atom. The molecule has 174 valence electrons. The highest BCUT2D eigenvalue weighted by molar-refractivity contribution is 7.10. The van der Waals surface area contributed by atoms with E-state index in [0.29, 0.717) is 58.2 Å². The number of likely N-dealkylation sites (tertiary alicyclic amines) is 1. The van der Waals surface area contributed by atoms with Gasteiger partial charge in [0.05, 0.1) is 5.56 Å². The smallest absolute Gasteiger partial charge is 0.256 e. The van der Waals surface area contributed by atoms with Gasteiger partial charge in [0.2, 0.25) is 11.8 Å². The second-order valence-corrected chi connectivity index (χ2v) is 9.17. The van der Waals surface area contributed by atoms with Gasteiger partial charge in [0.25, 0.3) is 5.91 Å². The van der Waals surface area contributed by atoms with Crippen molar-refractivity contribution in [1.82, 2.24) is 14.7 Å². The largest absolute Gasteiger partial charge is 0.339 e. The first-order valence-electron chi connectivity index (χ1n) is 11.0. The van der Waals surface area contributed by atoms with E-state index in [-0.39, 0.29) is 23.3 Å². The fraction of sp³-hybridized carbons (Fsp3) is 0.375. The van der Waals surface area contributed by atoms with Crippen molar-refractivity contribution >= 4 is 35.1 Å². The summed E-state index contributed by atoms with van der Waals surface area (Å²) in [5, 5.41) is 1.95. The number of hydrogen-bond acceptors (Lipinski definition) is 4. The summed E-state index contributed by atoms with van der Waals surface area (Å²) in [6, 6.07) is 6.79. The zero-order chi connectivity index (χ0) is 23.4. The van der Waals surface area contributed by atoms with Crippen molar-refractivity contribution in [3.8, 4) is 0 Å². The summed E-state index contributed by atoms with van der Waals surface area (Å²) in [6.45, 7) is 2.63. The molecule has 1 aromatic carbocycles. The first-order chi connectivity index (χ1) is 15.9. The number of nitrogens with zero attached hydrogens (tertiary/aromatic N) is 3. The van der Waals surface area contributed by atoms with Crippen molar-refractivity contribution in [2.45, 2.75) is 12.8 Å². The first kappa shape index (κ1) is 23.1. The van der Waals surface area contributed by atoms with Gasteiger partial charge >= 0.3 is 0 Å². The van der Waals surface area contributed by atoms with Gasteiger partial charge in [-0.05, 0) is 42.5 Å². The molecule has 0 radical (unpaired) electrons. The molecule has 3 heterocycles. The molecule has 2 fully saturated rings. The Morgan fingerprint density at radius 2 is 1.61 bits per heavy atom. The standard InChI is InChI=1S/C24H25F2N3O3S/c25-18-3-5-20(21(26)16-18)24(32)28-9-7-17(8-10-28)23(31)29-13-11-27(12-14-29)22(30)6-4-19-2-1-15-33-19/h1-6,15-17H,7-14H2. The molecule has 0 spiro atoms. The van der Waals surface area contributed by atoms with E-state index in [1.54, 1.807) is 33.3 Å². The van der Waals surface area contributed by atoms with Crippen molar-refractivity contribution in [3.63, 3.8) is 0 Å². The van der Waals surface area contributed by atoms with Crippen molar-refractivity contribution in [1.29, 1.82) is 0 Å². The molecule has 4 rings (SSSR count). The number of carbonyl (C=O) groups excluding carboxylic acids is 3. The molecule has 9 heteroatoms. The molecule has 6 nitrogen and oxygen atoms in total. The summed E-state index contributed by atoms with van der Waals surface area (Å²) in [4.78, 5) is 44.0. The highest BCUT2D eigenvalue weighted by Gasteiger charge is 2.33. The van der Waals surface area contributed by atoms with Crippen LogP contribution in [-0.2, 0) is 9.59 Å². The van der Waals surface area contributed by atoms with Crippen LogP contribution in [-0.4, -0.2) is 71.7 Å². The van der Waals surface area contributed by atoms with E-state index in [1.165, 1.54) is 4.90 Å². The number of thiophene rings is 1. The zero-order valence-corrected chi connectivity index (χ0v) is 18.9. The molecular formula is C24H25F2N3O3S. The number of amides is 3. The highest BCUT2D eigenvalue weighted by Crippen LogP contribution is 2.23. The Balaban J connectivity index is 1.25. The van der Waals surface area contributed by atoms with Gasteiger partial charge in [0.15, 0.2) is 0 Å². The van der Waals surface area contributed by atoms with Crippen LogP contribution in [0.25, 0.3) is 6.08 Å². The maximum Gasteiger partial charge on any atom is 0.256 e. The number of piperazine rings is 1. The minimum Gasteiger partial charge on any atom is -0.339 e. The normalized spacial score (nSPS) is 17.6. The van der Waals surface area contributed by atoms with Crippen LogP contribution in [0.3, 0.4) is 0 Å². The minimum absolute atomic E-state index is 0.0382. The number of halogens is 2. The summed E-state index contributed by atoms with van der Waals surface area (Å²) >= 11 is 1.56. The van der Waals surface area contributed by atoms with Gasteiger partial charge in [-0.15, -0.1) is 11.3 Å². The lowest BCUT2D eigenvalue weighted by Gasteiger charge is -2.38. The molecule has 2 aliphatic rings. The number of piperidine rings is 1. The maximum absolute atomic E-state index is 13.9. The SMILES string of the molecule is O=C(C=Cc1cccs1)N1CCN(C(=O)C2CCN(C(=O)c3ccc(F)cc3F)CC2)CC1. The highest BCUT2D eigenvalue weighted by atomic mass is 32.1. The maximum atomic E-state index is 13.9. The fourth-order valence-electron chi connectivity index (χ4n) is 4.21. The summed E-state index contributed by atoms with van der Waals surface area (Å²) < 4.78 is 27.0. The van der Waals surface area contributed by atoms with E-state index in [0.717, 1.165) is 17.0 Å². The van der Waals surface area contributed by atoms with Crippen molar-refractivity contribution in [2.24, 2.45) is 5.92 Å². The van der Waals surface area contributed by atoms with Gasteiger partial charge in [-0.25, -0.2) is 8.78 Å². The van der Waals surface area contributed by atoms with E-state index in [1.807, 2.05) is 17.5 Å². The molecular weight excluding hydrogens is 448 g/mol. The van der Waals surface area contributed by atoms with Crippen LogP contribution in [0.4, 0.5) is 8.78 Å². The molecule has 0 bridgehead atoms. The van der Waals surface area contributed by atoms with Gasteiger partial charge in [-0.3, -0.25) is 14.4 Å². The number of hydrogen-bond donors (Lipinski definition) is 0. The lowest BCUT2D eigenvalue weighted by atomic mass is 9.94. The molecule has 0 unspecified atom stereocenters. The summed E-state index contributed by atoms with van der Waals surface area (Å²) in [5.74, 6) is -2.31. The third-order valence-corrected chi connectivity index (χ3v) is 6.97. The molecule has 33 heavy (non-hydrogen) atoms. The molecule has 2 aliphatic heterocycles. The Morgan fingerprint density at radius 1 is 0.909 bits per heavy atom. The number of carbonyl (C=O) groups is 3. The monoisotopic (exact) mass is 473 g/mol. The van der Waals surface area contributed by atoms with Crippen LogP contribution in [0, 0.1) is 17.6 Å². The average Bonchev–Trinajstić information content (AvgIpc) is 3.36. The number of benzene rings is 1. The summed E-state index contributed by atoms with van der Waals surface area (Å²) in [6.07, 6.45) is 4.36. The lowest BCUT2D eigenvalue weighted by molar-refractivity contribution is -0.141. The van der Waals surface area contributed by atoms with Crippen LogP contribution >= 0.6 is 11.3 Å². The predicted molar refractivity (Wildman–Crippen MR) is 121 cm³/mol. The van der Waals surface area contributed by atoms with Gasteiger partial charge in [0, 0.05) is 62.2 Å². The zero-order valence-electron chi connectivity index (χ0n) is 18.1. The van der Waals surface area contributed by atoms with Gasteiger partial charge < -0.3 is 14.7 Å². The second kappa shape index (κ2) is 10.2. The average molecular weight is 474 g/mol. The summed E-state index contributed by atoms with van der Waals surface area (Å²) in [7, 11) is 0. The van der Waals surface area contributed by atoms with Crippen LogP contribution in [0.1, 0.15) is 28.1 Å². The molecule has 2 saturated heterocycles. The topological polar surface area (TPSA) is 60.9 Å². The van der Waals surface area contributed by atoms with E-state index in [4.69, 9.17) is 0 Å². The van der Waals surface area contributed by atoms with E-state index in [9.17, 15) is 23.2 Å². The van der Waals surface area contributed by atoms with Crippen LogP contribution in [0.15, 0.2) is 41.8 Å². The van der Waals surface area contributed by atoms with E-state index in [2.05, 4.69) is 0 Å². The first-order valence-corrected chi connectivity index (χ1v) is 11.8. The molecule has 0 aliphatic carbocycles. The Hall–Kier alpha value is -3.07. The third-order valence-electron chi connectivity index (χ3n) is 6.13. The molecule has 0 N–H and O–H groups in total. The molecule has 1 aromatic heterocycles. The van der Waals surface area contributed by atoms with Crippen molar-refractivity contribution < 1.29 is 23.2 Å². The minimum atomic E-state index is -0.879. The van der Waals surface area contributed by atoms with E-state index >= 15 is 0 Å². The van der Waals surface area contributed by atoms with Crippen molar-refractivity contribution in [2.75, 3.05) is 39.3 Å². The Labute approximate surface area is 195 Å².